The maximum Gasteiger partial charge on any atom is 0.482 e. The van der Waals surface area contributed by atoms with E-state index in [2.05, 4.69) is 0 Å². The summed E-state index contributed by atoms with van der Waals surface area (Å²) in [6.07, 6.45) is 0. The van der Waals surface area contributed by atoms with E-state index in [1.165, 1.54) is 0 Å². The van der Waals surface area contributed by atoms with Crippen molar-refractivity contribution < 1.29 is 15.2 Å². The van der Waals surface area contributed by atoms with Gasteiger partial charge in [0.25, 0.3) is 0 Å². The van der Waals surface area contributed by atoms with Crippen LogP contribution < -0.4 is 5.73 Å². The lowest BCUT2D eigenvalue weighted by Gasteiger charge is -1.71. The molecule has 0 spiro atoms. The van der Waals surface area contributed by atoms with Crippen LogP contribution in [-0.4, -0.2) is 36.0 Å². The summed E-state index contributed by atoms with van der Waals surface area (Å²) in [4.78, 5) is 0. The van der Waals surface area contributed by atoms with Gasteiger partial charge in [-0.05, 0) is 0 Å². The van der Waals surface area contributed by atoms with Crippen LogP contribution in [0.1, 0.15) is 0 Å². The predicted molar refractivity (Wildman–Crippen MR) is 26.3 cm³/mol. The van der Waals surface area contributed by atoms with E-state index in [1.54, 1.807) is 0 Å². The summed E-state index contributed by atoms with van der Waals surface area (Å²) in [6.45, 7) is 0.472. The highest BCUT2D eigenvalue weighted by atomic mass is 16.4. The number of aliphatic hydroxyl groups excluding tert-OH is 1. The largest absolute Gasteiger partial charge is 0.482 e. The molecule has 0 aliphatic heterocycles. The van der Waals surface area contributed by atoms with Crippen molar-refractivity contribution in [2.45, 2.75) is 0 Å². The Balaban J connectivity index is 0. The SMILES string of the molecule is NCCO.O[B]O. The van der Waals surface area contributed by atoms with Crippen molar-refractivity contribution in [2.75, 3.05) is 13.2 Å². The van der Waals surface area contributed by atoms with E-state index in [1.807, 2.05) is 0 Å². The maximum atomic E-state index is 7.75. The molecule has 1 radical (unpaired) electrons. The Hall–Kier alpha value is -0.0951. The monoisotopic (exact) mass is 106 g/mol. The van der Waals surface area contributed by atoms with Crippen molar-refractivity contribution in [2.24, 2.45) is 5.73 Å². The molecule has 0 aromatic heterocycles. The minimum Gasteiger partial charge on any atom is -0.429 e. The normalized spacial score (nSPS) is 6.29. The number of nitrogens with two attached hydrogens (primary N) is 1. The summed E-state index contributed by atoms with van der Waals surface area (Å²) in [7, 11) is 0. The topological polar surface area (TPSA) is 86.7 Å². The van der Waals surface area contributed by atoms with Crippen molar-refractivity contribution in [1.29, 1.82) is 0 Å². The maximum absolute atomic E-state index is 7.75. The third-order valence-electron chi connectivity index (χ3n) is 0.129. The molecular formula is C2H9BNO3. The predicted octanol–water partition coefficient (Wildman–Crippen LogP) is -2.56. The van der Waals surface area contributed by atoms with Crippen molar-refractivity contribution in [1.82, 2.24) is 0 Å². The van der Waals surface area contributed by atoms with Crippen LogP contribution in [0.25, 0.3) is 0 Å². The fraction of sp³-hybridized carbons (Fsp3) is 1.00. The lowest BCUT2D eigenvalue weighted by Crippen LogP contribution is -2.02. The molecule has 0 aliphatic rings. The molecule has 0 heterocycles. The minimum atomic E-state index is 0. The molecule has 5 heteroatoms. The van der Waals surface area contributed by atoms with Crippen LogP contribution in [0.3, 0.4) is 0 Å². The first-order chi connectivity index (χ1) is 3.33. The Kier molecular flexibility index (Phi) is 24.1. The molecule has 0 aromatic rings. The summed E-state index contributed by atoms with van der Waals surface area (Å²) in [5.74, 6) is 0. The van der Waals surface area contributed by atoms with Gasteiger partial charge in [0.15, 0.2) is 0 Å². The minimum absolute atomic E-state index is 0. The summed E-state index contributed by atoms with van der Waals surface area (Å²) in [6, 6.07) is 0. The van der Waals surface area contributed by atoms with Crippen molar-refractivity contribution in [3.8, 4) is 0 Å². The summed E-state index contributed by atoms with van der Waals surface area (Å²) >= 11 is 0. The van der Waals surface area contributed by atoms with Gasteiger partial charge in [-0.15, -0.1) is 0 Å². The van der Waals surface area contributed by atoms with Gasteiger partial charge < -0.3 is 20.9 Å². The smallest absolute Gasteiger partial charge is 0.429 e. The van der Waals surface area contributed by atoms with E-state index in [-0.39, 0.29) is 14.3 Å². The molecule has 0 rings (SSSR count). The number of hydrogen-bond donors (Lipinski definition) is 4. The molecule has 0 aliphatic carbocycles. The molecule has 0 unspecified atom stereocenters. The second kappa shape index (κ2) is 16.8. The molecule has 7 heavy (non-hydrogen) atoms. The Labute approximate surface area is 42.9 Å². The van der Waals surface area contributed by atoms with Gasteiger partial charge in [0.1, 0.15) is 0 Å². The number of hydrogen-bond acceptors (Lipinski definition) is 4. The fourth-order valence-electron chi connectivity index (χ4n) is 0. The number of rotatable bonds is 1. The molecule has 0 fully saturated rings. The fourth-order valence-corrected chi connectivity index (χ4v) is 0. The van der Waals surface area contributed by atoms with Gasteiger partial charge >= 0.3 is 7.69 Å². The Morgan fingerprint density at radius 3 is 1.57 bits per heavy atom. The lowest BCUT2D eigenvalue weighted by molar-refractivity contribution is 0.306. The Bertz CT molecular complexity index is 20.4. The average Bonchev–Trinajstić information content (AvgIpc) is 1.69. The zero-order valence-corrected chi connectivity index (χ0v) is 3.91. The first kappa shape index (κ1) is 10.0. The zero-order chi connectivity index (χ0) is 6.12. The highest BCUT2D eigenvalue weighted by molar-refractivity contribution is 6.13. The second-order valence-corrected chi connectivity index (χ2v) is 0.628. The van der Waals surface area contributed by atoms with Crippen molar-refractivity contribution >= 4 is 7.69 Å². The van der Waals surface area contributed by atoms with E-state index >= 15 is 0 Å². The Morgan fingerprint density at radius 1 is 1.43 bits per heavy atom. The van der Waals surface area contributed by atoms with Crippen molar-refractivity contribution in [3.05, 3.63) is 0 Å². The molecule has 0 saturated carbocycles. The molecule has 43 valence electrons. The first-order valence-electron chi connectivity index (χ1n) is 1.74. The molecule has 0 atom stereocenters. The van der Waals surface area contributed by atoms with Gasteiger partial charge in [-0.2, -0.15) is 0 Å². The van der Waals surface area contributed by atoms with Gasteiger partial charge in [0.05, 0.1) is 6.61 Å². The van der Waals surface area contributed by atoms with Gasteiger partial charge in [0.2, 0.25) is 0 Å². The third-order valence-corrected chi connectivity index (χ3v) is 0.129. The zero-order valence-electron chi connectivity index (χ0n) is 3.91. The summed E-state index contributed by atoms with van der Waals surface area (Å²) in [5.41, 5.74) is 4.78. The van der Waals surface area contributed by atoms with E-state index in [4.69, 9.17) is 20.9 Å². The van der Waals surface area contributed by atoms with E-state index in [9.17, 15) is 0 Å². The van der Waals surface area contributed by atoms with Crippen LogP contribution in [-0.2, 0) is 0 Å². The van der Waals surface area contributed by atoms with Crippen LogP contribution in [0.15, 0.2) is 0 Å². The summed E-state index contributed by atoms with van der Waals surface area (Å²) < 4.78 is 0. The van der Waals surface area contributed by atoms with Crippen LogP contribution in [0.5, 0.6) is 0 Å². The Morgan fingerprint density at radius 2 is 1.57 bits per heavy atom. The van der Waals surface area contributed by atoms with Crippen LogP contribution in [0, 0.1) is 0 Å². The van der Waals surface area contributed by atoms with E-state index in [0.29, 0.717) is 6.54 Å². The van der Waals surface area contributed by atoms with Gasteiger partial charge in [0, 0.05) is 6.54 Å². The quantitative estimate of drug-likeness (QED) is 0.277. The van der Waals surface area contributed by atoms with E-state index < -0.39 is 0 Å². The first-order valence-corrected chi connectivity index (χ1v) is 1.74. The third kappa shape index (κ3) is 110. The molecule has 5 N–H and O–H groups in total. The van der Waals surface area contributed by atoms with E-state index in [0.717, 1.165) is 0 Å². The van der Waals surface area contributed by atoms with Crippen LogP contribution >= 0.6 is 0 Å². The van der Waals surface area contributed by atoms with Crippen LogP contribution in [0.2, 0.25) is 0 Å². The van der Waals surface area contributed by atoms with Gasteiger partial charge in [-0.3, -0.25) is 0 Å². The molecular weight excluding hydrogens is 96.8 g/mol. The highest BCUT2D eigenvalue weighted by Crippen LogP contribution is 1.33. The van der Waals surface area contributed by atoms with Crippen molar-refractivity contribution in [3.63, 3.8) is 0 Å². The highest BCUT2D eigenvalue weighted by Gasteiger charge is 1.56. The van der Waals surface area contributed by atoms with Gasteiger partial charge in [-0.25, -0.2) is 0 Å². The number of aliphatic hydroxyl groups is 1. The summed E-state index contributed by atoms with van der Waals surface area (Å²) in [5, 5.41) is 21.8. The standard InChI is InChI=1S/C2H7NO.BH2O2/c3-1-2-4;2-1-3/h4H,1-3H2;2-3H. The average molecular weight is 106 g/mol. The molecule has 0 saturated heterocycles. The molecule has 0 aromatic carbocycles. The van der Waals surface area contributed by atoms with Gasteiger partial charge in [-0.1, -0.05) is 0 Å². The molecule has 4 nitrogen and oxygen atoms in total. The molecule has 0 amide bonds. The second-order valence-electron chi connectivity index (χ2n) is 0.628. The lowest BCUT2D eigenvalue weighted by atomic mass is 10.5. The molecule has 0 bridgehead atoms. The van der Waals surface area contributed by atoms with Crippen LogP contribution in [0.4, 0.5) is 0 Å².